The van der Waals surface area contributed by atoms with E-state index in [-0.39, 0.29) is 20.7 Å². The second-order valence-electron chi connectivity index (χ2n) is 7.78. The lowest BCUT2D eigenvalue weighted by Crippen LogP contribution is -2.36. The first-order valence-corrected chi connectivity index (χ1v) is 12.4. The van der Waals surface area contributed by atoms with Gasteiger partial charge in [-0.1, -0.05) is 24.3 Å². The van der Waals surface area contributed by atoms with E-state index >= 15 is 0 Å². The molecule has 0 spiro atoms. The van der Waals surface area contributed by atoms with E-state index in [9.17, 15) is 9.59 Å². The highest BCUT2D eigenvalue weighted by molar-refractivity contribution is 7.44. The number of nitrogens with two attached hydrogens (primary N) is 1. The standard InChI is InChI=1S/C20H25N4O5P3/c1-20(2,3)28-18(25)14-10-8-13(9-11-14)12-15(21)19(26)27-16-6-4-5-7-17(16)29-24-31-22-30-23-32-24/h4-11,15,22,30-31H,12,21H2,1-3H3. The summed E-state index contributed by atoms with van der Waals surface area (Å²) >= 11 is 0. The van der Waals surface area contributed by atoms with Crippen LogP contribution in [0.3, 0.4) is 0 Å². The topological polar surface area (TPSA) is 121 Å². The molecule has 0 aliphatic rings. The first-order valence-electron chi connectivity index (χ1n) is 9.74. The van der Waals surface area contributed by atoms with Crippen molar-refractivity contribution in [2.24, 2.45) is 5.73 Å². The third kappa shape index (κ3) is 7.25. The minimum atomic E-state index is -0.886. The van der Waals surface area contributed by atoms with Crippen LogP contribution in [0, 0.1) is 0 Å². The number of para-hydroxylation sites is 2. The SMILES string of the molecule is CC(C)(C)OC(=O)c1ccc(CC(N)C(=O)Oc2ccccc2On2pn[pH][nH][pH]2)cc1. The molecule has 12 heteroatoms. The zero-order valence-corrected chi connectivity index (χ0v) is 20.8. The van der Waals surface area contributed by atoms with Crippen molar-refractivity contribution < 1.29 is 23.9 Å². The van der Waals surface area contributed by atoms with Gasteiger partial charge in [0.15, 0.2) is 20.0 Å². The Bertz CT molecular complexity index is 1080. The molecule has 0 saturated heterocycles. The molecule has 3 rings (SSSR count). The molecule has 170 valence electrons. The molecule has 0 aliphatic carbocycles. The van der Waals surface area contributed by atoms with Crippen LogP contribution in [0.4, 0.5) is 0 Å². The van der Waals surface area contributed by atoms with Crippen molar-refractivity contribution in [3.8, 4) is 11.5 Å². The lowest BCUT2D eigenvalue weighted by Gasteiger charge is -2.19. The molecule has 3 atom stereocenters. The van der Waals surface area contributed by atoms with Gasteiger partial charge in [-0.2, -0.15) is 4.51 Å². The van der Waals surface area contributed by atoms with Crippen molar-refractivity contribution in [3.63, 3.8) is 0 Å². The molecule has 1 aromatic heterocycles. The summed E-state index contributed by atoms with van der Waals surface area (Å²) in [6, 6.07) is 12.8. The van der Waals surface area contributed by atoms with Gasteiger partial charge in [0.1, 0.15) is 11.6 Å². The summed E-state index contributed by atoms with van der Waals surface area (Å²) in [6.45, 7) is 5.43. The van der Waals surface area contributed by atoms with Crippen LogP contribution in [0.25, 0.3) is 0 Å². The summed E-state index contributed by atoms with van der Waals surface area (Å²) in [4.78, 5) is 30.5. The molecule has 0 saturated carbocycles. The van der Waals surface area contributed by atoms with Crippen LogP contribution >= 0.6 is 25.5 Å². The van der Waals surface area contributed by atoms with Crippen LogP contribution in [-0.4, -0.2) is 36.9 Å². The molecule has 0 bridgehead atoms. The summed E-state index contributed by atoms with van der Waals surface area (Å²) in [5.41, 5.74) is 6.74. The maximum atomic E-state index is 12.6. The van der Waals surface area contributed by atoms with E-state index in [1.807, 2.05) is 20.8 Å². The highest BCUT2D eigenvalue weighted by Gasteiger charge is 2.20. The van der Waals surface area contributed by atoms with Gasteiger partial charge in [0.2, 0.25) is 0 Å². The van der Waals surface area contributed by atoms with E-state index in [4.69, 9.17) is 20.0 Å². The molecular formula is C20H25N4O5P3. The fourth-order valence-electron chi connectivity index (χ4n) is 2.56. The first-order chi connectivity index (χ1) is 15.2. The van der Waals surface area contributed by atoms with E-state index in [1.165, 1.54) is 0 Å². The number of nitrogens with one attached hydrogen (secondary N) is 1. The van der Waals surface area contributed by atoms with Gasteiger partial charge in [0.25, 0.3) is 0 Å². The quantitative estimate of drug-likeness (QED) is 0.372. The highest BCUT2D eigenvalue weighted by atomic mass is 31.1. The van der Waals surface area contributed by atoms with Gasteiger partial charge in [0.05, 0.1) is 14.1 Å². The molecule has 0 aliphatic heterocycles. The highest BCUT2D eigenvalue weighted by Crippen LogP contribution is 2.29. The Morgan fingerprint density at radius 2 is 1.84 bits per heavy atom. The maximum Gasteiger partial charge on any atom is 0.338 e. The number of aromatic nitrogens is 3. The predicted octanol–water partition coefficient (Wildman–Crippen LogP) is 4.25. The zero-order valence-electron chi connectivity index (χ0n) is 17.9. The molecule has 32 heavy (non-hydrogen) atoms. The number of esters is 2. The number of aromatic amines is 1. The number of carbonyl (C=O) groups excluding carboxylic acids is 2. The van der Waals surface area contributed by atoms with Crippen molar-refractivity contribution in [3.05, 3.63) is 59.7 Å². The summed E-state index contributed by atoms with van der Waals surface area (Å²) < 4.78 is 19.8. The number of nitrogens with zero attached hydrogens (tertiary/aromatic N) is 2. The molecule has 2 aromatic carbocycles. The normalized spacial score (nSPS) is 12.8. The largest absolute Gasteiger partial charge is 0.456 e. The van der Waals surface area contributed by atoms with E-state index in [1.54, 1.807) is 52.8 Å². The average molecular weight is 494 g/mol. The Balaban J connectivity index is 1.61. The molecule has 3 aromatic rings. The van der Waals surface area contributed by atoms with Crippen LogP contribution in [0.5, 0.6) is 11.5 Å². The Labute approximate surface area is 190 Å². The van der Waals surface area contributed by atoms with Gasteiger partial charge < -0.3 is 24.6 Å². The third-order valence-corrected chi connectivity index (χ3v) is 6.72. The summed E-state index contributed by atoms with van der Waals surface area (Å²) in [5.74, 6) is -0.306. The average Bonchev–Trinajstić information content (AvgIpc) is 2.75. The summed E-state index contributed by atoms with van der Waals surface area (Å²) in [6.07, 6.45) is 0.256. The molecule has 0 fully saturated rings. The molecule has 0 radical (unpaired) electrons. The number of carbonyl (C=O) groups is 2. The summed E-state index contributed by atoms with van der Waals surface area (Å²) in [7, 11) is 1.28. The van der Waals surface area contributed by atoms with Gasteiger partial charge in [-0.05, 0) is 57.0 Å². The number of benzene rings is 2. The van der Waals surface area contributed by atoms with Crippen LogP contribution < -0.4 is 15.3 Å². The molecule has 1 heterocycles. The minimum absolute atomic E-state index is 0.250. The molecule has 3 unspecified atom stereocenters. The van der Waals surface area contributed by atoms with Crippen molar-refractivity contribution in [2.75, 3.05) is 0 Å². The van der Waals surface area contributed by atoms with Gasteiger partial charge in [-0.25, -0.2) is 9.59 Å². The number of hydrogen-bond donors (Lipinski definition) is 2. The summed E-state index contributed by atoms with van der Waals surface area (Å²) in [5, 5.41) is 0. The zero-order chi connectivity index (χ0) is 23.1. The maximum absolute atomic E-state index is 12.6. The fraction of sp³-hybridized carbons (Fsp3) is 0.300. The van der Waals surface area contributed by atoms with Crippen LogP contribution in [0.2, 0.25) is 0 Å². The van der Waals surface area contributed by atoms with Crippen LogP contribution in [0.1, 0.15) is 36.7 Å². The Morgan fingerprint density at radius 3 is 2.47 bits per heavy atom. The number of rotatable bonds is 7. The van der Waals surface area contributed by atoms with Crippen molar-refractivity contribution in [1.29, 1.82) is 0 Å². The number of hydrogen-bond acceptors (Lipinski definition) is 7. The third-order valence-electron chi connectivity index (χ3n) is 3.97. The van der Waals surface area contributed by atoms with Crippen molar-refractivity contribution in [2.45, 2.75) is 38.8 Å². The second kappa shape index (κ2) is 10.8. The van der Waals surface area contributed by atoms with E-state index < -0.39 is 23.6 Å². The van der Waals surface area contributed by atoms with Crippen LogP contribution in [0.15, 0.2) is 48.5 Å². The van der Waals surface area contributed by atoms with Crippen molar-refractivity contribution >= 4 is 37.5 Å². The molecule has 0 amide bonds. The van der Waals surface area contributed by atoms with Gasteiger partial charge >= 0.3 is 11.9 Å². The van der Waals surface area contributed by atoms with Gasteiger partial charge in [-0.15, -0.1) is 4.26 Å². The van der Waals surface area contributed by atoms with Crippen molar-refractivity contribution in [1.82, 2.24) is 13.3 Å². The van der Waals surface area contributed by atoms with Gasteiger partial charge in [0, 0.05) is 8.51 Å². The molecule has 3 N–H and O–H groups in total. The molecular weight excluding hydrogens is 469 g/mol. The Kier molecular flexibility index (Phi) is 8.16. The van der Waals surface area contributed by atoms with Crippen LogP contribution in [-0.2, 0) is 16.0 Å². The number of ether oxygens (including phenoxy) is 2. The van der Waals surface area contributed by atoms with Gasteiger partial charge in [-0.3, -0.25) is 0 Å². The first kappa shape index (κ1) is 24.1. The lowest BCUT2D eigenvalue weighted by molar-refractivity contribution is -0.135. The predicted molar refractivity (Wildman–Crippen MR) is 127 cm³/mol. The minimum Gasteiger partial charge on any atom is -0.456 e. The Hall–Kier alpha value is -2.56. The lowest BCUT2D eigenvalue weighted by atomic mass is 10.0. The monoisotopic (exact) mass is 494 g/mol. The smallest absolute Gasteiger partial charge is 0.338 e. The number of H-pyrrole nitrogens is 1. The molecule has 9 nitrogen and oxygen atoms in total. The second-order valence-corrected chi connectivity index (χ2v) is 11.4. The fourth-order valence-corrected chi connectivity index (χ4v) is 5.60. The Morgan fingerprint density at radius 1 is 1.16 bits per heavy atom. The van der Waals surface area contributed by atoms with E-state index in [0.29, 0.717) is 28.3 Å². The van der Waals surface area contributed by atoms with E-state index in [2.05, 4.69) is 9.02 Å². The van der Waals surface area contributed by atoms with E-state index in [0.717, 1.165) is 5.56 Å².